The maximum absolute atomic E-state index is 11.2. The highest BCUT2D eigenvalue weighted by molar-refractivity contribution is 6.32. The molecule has 0 saturated carbocycles. The summed E-state index contributed by atoms with van der Waals surface area (Å²) in [5.74, 6) is 0.538. The van der Waals surface area contributed by atoms with E-state index < -0.39 is 0 Å². The van der Waals surface area contributed by atoms with Crippen LogP contribution in [-0.2, 0) is 6.54 Å². The molecule has 0 saturated heterocycles. The van der Waals surface area contributed by atoms with Crippen molar-refractivity contribution in [2.24, 2.45) is 0 Å². The monoisotopic (exact) mass is 197 g/mol. The van der Waals surface area contributed by atoms with Crippen LogP contribution in [0, 0.1) is 0 Å². The Morgan fingerprint density at radius 3 is 3.00 bits per heavy atom. The van der Waals surface area contributed by atoms with Crippen molar-refractivity contribution in [1.29, 1.82) is 0 Å². The lowest BCUT2D eigenvalue weighted by Gasteiger charge is -2.04. The Hall–Kier alpha value is -1.22. The summed E-state index contributed by atoms with van der Waals surface area (Å²) in [6.45, 7) is 0.557. The first-order valence-electron chi connectivity index (χ1n) is 3.87. The van der Waals surface area contributed by atoms with Gasteiger partial charge in [0.1, 0.15) is 5.75 Å². The molecule has 0 aromatic heterocycles. The molecular formula is C9H8ClNO2. The largest absolute Gasteiger partial charge is 0.495 e. The number of rotatable bonds is 1. The Bertz CT molecular complexity index is 376. The number of methoxy groups -OCH3 is 1. The van der Waals surface area contributed by atoms with E-state index >= 15 is 0 Å². The van der Waals surface area contributed by atoms with E-state index in [1.807, 2.05) is 0 Å². The molecule has 0 fully saturated rings. The molecule has 1 aliphatic heterocycles. The summed E-state index contributed by atoms with van der Waals surface area (Å²) in [6, 6.07) is 3.42. The van der Waals surface area contributed by atoms with Crippen LogP contribution in [0.3, 0.4) is 0 Å². The number of fused-ring (bicyclic) bond motifs is 1. The quantitative estimate of drug-likeness (QED) is 0.743. The van der Waals surface area contributed by atoms with Crippen LogP contribution < -0.4 is 10.1 Å². The van der Waals surface area contributed by atoms with Crippen molar-refractivity contribution < 1.29 is 9.53 Å². The summed E-state index contributed by atoms with van der Waals surface area (Å²) < 4.78 is 5.03. The van der Waals surface area contributed by atoms with Crippen LogP contribution in [0.25, 0.3) is 0 Å². The van der Waals surface area contributed by atoms with Gasteiger partial charge < -0.3 is 10.1 Å². The van der Waals surface area contributed by atoms with E-state index in [0.717, 1.165) is 5.56 Å². The first-order valence-corrected chi connectivity index (χ1v) is 4.25. The molecular weight excluding hydrogens is 190 g/mol. The van der Waals surface area contributed by atoms with Crippen molar-refractivity contribution in [2.75, 3.05) is 7.11 Å². The number of ether oxygens (including phenoxy) is 1. The van der Waals surface area contributed by atoms with Crippen molar-refractivity contribution in [1.82, 2.24) is 5.32 Å². The normalized spacial score (nSPS) is 13.8. The third kappa shape index (κ3) is 1.25. The highest BCUT2D eigenvalue weighted by Crippen LogP contribution is 2.29. The lowest BCUT2D eigenvalue weighted by Crippen LogP contribution is -2.12. The molecule has 0 unspecified atom stereocenters. The molecule has 0 radical (unpaired) electrons. The van der Waals surface area contributed by atoms with E-state index in [-0.39, 0.29) is 5.91 Å². The Morgan fingerprint density at radius 2 is 2.31 bits per heavy atom. The fourth-order valence-corrected chi connectivity index (χ4v) is 1.62. The molecule has 0 atom stereocenters. The first-order chi connectivity index (χ1) is 6.22. The van der Waals surface area contributed by atoms with Crippen molar-refractivity contribution >= 4 is 17.5 Å². The van der Waals surface area contributed by atoms with Crippen LogP contribution in [0.5, 0.6) is 5.75 Å². The second-order valence-electron chi connectivity index (χ2n) is 2.83. The van der Waals surface area contributed by atoms with E-state index in [4.69, 9.17) is 16.3 Å². The Balaban J connectivity index is 2.56. The molecule has 1 N–H and O–H groups in total. The molecule has 1 aromatic carbocycles. The lowest BCUT2D eigenvalue weighted by atomic mass is 10.1. The third-order valence-corrected chi connectivity index (χ3v) is 2.36. The number of hydrogen-bond donors (Lipinski definition) is 1. The fraction of sp³-hybridized carbons (Fsp3) is 0.222. The number of hydrogen-bond acceptors (Lipinski definition) is 2. The Morgan fingerprint density at radius 1 is 1.54 bits per heavy atom. The minimum absolute atomic E-state index is 0.0699. The Labute approximate surface area is 80.6 Å². The number of halogens is 1. The SMILES string of the molecule is COc1cc2c(cc1Cl)C(=O)NC2. The van der Waals surface area contributed by atoms with Crippen molar-refractivity contribution in [2.45, 2.75) is 6.54 Å². The van der Waals surface area contributed by atoms with Gasteiger partial charge in [-0.1, -0.05) is 11.6 Å². The topological polar surface area (TPSA) is 38.3 Å². The number of carbonyl (C=O) groups is 1. The average Bonchev–Trinajstić information content (AvgIpc) is 2.47. The van der Waals surface area contributed by atoms with Gasteiger partial charge in [0.2, 0.25) is 0 Å². The minimum atomic E-state index is -0.0699. The summed E-state index contributed by atoms with van der Waals surface area (Å²) >= 11 is 5.87. The number of benzene rings is 1. The summed E-state index contributed by atoms with van der Waals surface area (Å²) in [6.07, 6.45) is 0. The van der Waals surface area contributed by atoms with Crippen LogP contribution in [0.4, 0.5) is 0 Å². The smallest absolute Gasteiger partial charge is 0.251 e. The summed E-state index contributed by atoms with van der Waals surface area (Å²) in [5, 5.41) is 3.18. The molecule has 0 bridgehead atoms. The van der Waals surface area contributed by atoms with E-state index in [1.165, 1.54) is 0 Å². The molecule has 3 nitrogen and oxygen atoms in total. The summed E-state index contributed by atoms with van der Waals surface area (Å²) in [4.78, 5) is 11.2. The van der Waals surface area contributed by atoms with Crippen LogP contribution >= 0.6 is 11.6 Å². The van der Waals surface area contributed by atoms with Gasteiger partial charge in [-0.2, -0.15) is 0 Å². The zero-order valence-corrected chi connectivity index (χ0v) is 7.81. The van der Waals surface area contributed by atoms with Crippen molar-refractivity contribution in [3.05, 3.63) is 28.3 Å². The highest BCUT2D eigenvalue weighted by atomic mass is 35.5. The van der Waals surface area contributed by atoms with Gasteiger partial charge in [-0.25, -0.2) is 0 Å². The average molecular weight is 198 g/mol. The standard InChI is InChI=1S/C9H8ClNO2/c1-13-8-2-5-4-11-9(12)6(5)3-7(8)10/h2-3H,4H2,1H3,(H,11,12). The predicted octanol–water partition coefficient (Wildman–Crippen LogP) is 1.59. The molecule has 0 aliphatic carbocycles. The van der Waals surface area contributed by atoms with Gasteiger partial charge in [0.25, 0.3) is 5.91 Å². The molecule has 0 spiro atoms. The molecule has 1 aliphatic rings. The van der Waals surface area contributed by atoms with Gasteiger partial charge >= 0.3 is 0 Å². The second-order valence-corrected chi connectivity index (χ2v) is 3.23. The summed E-state index contributed by atoms with van der Waals surface area (Å²) in [7, 11) is 1.55. The fourth-order valence-electron chi connectivity index (χ4n) is 1.38. The number of nitrogens with one attached hydrogen (secondary N) is 1. The van der Waals surface area contributed by atoms with Crippen LogP contribution in [0.1, 0.15) is 15.9 Å². The number of carbonyl (C=O) groups excluding carboxylic acids is 1. The van der Waals surface area contributed by atoms with E-state index in [2.05, 4.69) is 5.32 Å². The van der Waals surface area contributed by atoms with Gasteiger partial charge in [-0.15, -0.1) is 0 Å². The number of amides is 1. The van der Waals surface area contributed by atoms with E-state index in [1.54, 1.807) is 19.2 Å². The highest BCUT2D eigenvalue weighted by Gasteiger charge is 2.20. The third-order valence-electron chi connectivity index (χ3n) is 2.06. The van der Waals surface area contributed by atoms with Crippen LogP contribution in [-0.4, -0.2) is 13.0 Å². The predicted molar refractivity (Wildman–Crippen MR) is 49.2 cm³/mol. The molecule has 2 rings (SSSR count). The lowest BCUT2D eigenvalue weighted by molar-refractivity contribution is 0.0966. The molecule has 1 aromatic rings. The zero-order valence-electron chi connectivity index (χ0n) is 7.06. The van der Waals surface area contributed by atoms with Gasteiger partial charge in [-0.05, 0) is 17.7 Å². The molecule has 1 heterocycles. The van der Waals surface area contributed by atoms with E-state index in [0.29, 0.717) is 22.9 Å². The molecule has 1 amide bonds. The molecule has 13 heavy (non-hydrogen) atoms. The van der Waals surface area contributed by atoms with E-state index in [9.17, 15) is 4.79 Å². The van der Waals surface area contributed by atoms with Gasteiger partial charge in [0, 0.05) is 12.1 Å². The van der Waals surface area contributed by atoms with Gasteiger partial charge in [0.15, 0.2) is 0 Å². The van der Waals surface area contributed by atoms with Crippen LogP contribution in [0.15, 0.2) is 12.1 Å². The maximum atomic E-state index is 11.2. The van der Waals surface area contributed by atoms with Crippen molar-refractivity contribution in [3.8, 4) is 5.75 Å². The summed E-state index contributed by atoms with van der Waals surface area (Å²) in [5.41, 5.74) is 1.58. The molecule has 4 heteroatoms. The van der Waals surface area contributed by atoms with Gasteiger partial charge in [0.05, 0.1) is 12.1 Å². The second kappa shape index (κ2) is 2.92. The maximum Gasteiger partial charge on any atom is 0.251 e. The van der Waals surface area contributed by atoms with Crippen molar-refractivity contribution in [3.63, 3.8) is 0 Å². The van der Waals surface area contributed by atoms with Gasteiger partial charge in [-0.3, -0.25) is 4.79 Å². The van der Waals surface area contributed by atoms with Crippen LogP contribution in [0.2, 0.25) is 5.02 Å². The minimum Gasteiger partial charge on any atom is -0.495 e. The Kier molecular flexibility index (Phi) is 1.88. The zero-order chi connectivity index (χ0) is 9.42. The molecule has 68 valence electrons. The first kappa shape index (κ1) is 8.38.